The lowest BCUT2D eigenvalue weighted by Crippen LogP contribution is -2.17. The third kappa shape index (κ3) is 3.58. The standard InChI is InChI=1S/C13H16N2O2/c1-13(2,9-14)10-4-6-11(7-5-10)15-12(16)8-17-3/h4-7H,8H2,1-3H3,(H,15,16). The van der Waals surface area contributed by atoms with Gasteiger partial charge in [0.15, 0.2) is 0 Å². The molecule has 0 unspecified atom stereocenters. The van der Waals surface area contributed by atoms with Gasteiger partial charge < -0.3 is 10.1 Å². The summed E-state index contributed by atoms with van der Waals surface area (Å²) in [6.45, 7) is 3.74. The van der Waals surface area contributed by atoms with E-state index < -0.39 is 5.41 Å². The maximum absolute atomic E-state index is 11.3. The maximum atomic E-state index is 11.3. The largest absolute Gasteiger partial charge is 0.375 e. The van der Waals surface area contributed by atoms with Crippen LogP contribution >= 0.6 is 0 Å². The second-order valence-electron chi connectivity index (χ2n) is 4.30. The predicted octanol–water partition coefficient (Wildman–Crippen LogP) is 2.07. The van der Waals surface area contributed by atoms with Crippen molar-refractivity contribution >= 4 is 11.6 Å². The first-order valence-electron chi connectivity index (χ1n) is 5.30. The van der Waals surface area contributed by atoms with Gasteiger partial charge in [0, 0.05) is 12.8 Å². The summed E-state index contributed by atoms with van der Waals surface area (Å²) in [5, 5.41) is 11.7. The molecule has 0 spiro atoms. The highest BCUT2D eigenvalue weighted by molar-refractivity contribution is 5.91. The third-order valence-electron chi connectivity index (χ3n) is 2.45. The molecule has 0 heterocycles. The van der Waals surface area contributed by atoms with Gasteiger partial charge in [0.2, 0.25) is 5.91 Å². The van der Waals surface area contributed by atoms with Gasteiger partial charge in [-0.15, -0.1) is 0 Å². The van der Waals surface area contributed by atoms with Crippen molar-refractivity contribution < 1.29 is 9.53 Å². The monoisotopic (exact) mass is 232 g/mol. The molecule has 0 bridgehead atoms. The Balaban J connectivity index is 2.76. The number of anilines is 1. The smallest absolute Gasteiger partial charge is 0.250 e. The maximum Gasteiger partial charge on any atom is 0.250 e. The zero-order valence-electron chi connectivity index (χ0n) is 10.3. The quantitative estimate of drug-likeness (QED) is 0.864. The molecule has 0 aliphatic heterocycles. The van der Waals surface area contributed by atoms with Crippen molar-refractivity contribution in [2.75, 3.05) is 19.0 Å². The molecule has 1 N–H and O–H groups in total. The van der Waals surface area contributed by atoms with Gasteiger partial charge in [-0.3, -0.25) is 4.79 Å². The van der Waals surface area contributed by atoms with Crippen LogP contribution in [0, 0.1) is 11.3 Å². The Kier molecular flexibility index (Phi) is 4.24. The molecule has 1 amide bonds. The summed E-state index contributed by atoms with van der Waals surface area (Å²) in [5.41, 5.74) is 1.10. The van der Waals surface area contributed by atoms with Crippen LogP contribution in [-0.4, -0.2) is 19.6 Å². The topological polar surface area (TPSA) is 62.1 Å². The number of nitrogens with one attached hydrogen (secondary N) is 1. The third-order valence-corrected chi connectivity index (χ3v) is 2.45. The van der Waals surface area contributed by atoms with E-state index in [2.05, 4.69) is 11.4 Å². The molecular formula is C13H16N2O2. The number of nitriles is 1. The first-order chi connectivity index (χ1) is 7.99. The van der Waals surface area contributed by atoms with Gasteiger partial charge in [-0.05, 0) is 31.5 Å². The summed E-state index contributed by atoms with van der Waals surface area (Å²) in [6.07, 6.45) is 0. The zero-order chi connectivity index (χ0) is 12.9. The van der Waals surface area contributed by atoms with Crippen LogP contribution in [0.5, 0.6) is 0 Å². The average Bonchev–Trinajstić information content (AvgIpc) is 2.30. The number of ether oxygens (including phenoxy) is 1. The van der Waals surface area contributed by atoms with E-state index in [0.717, 1.165) is 5.56 Å². The van der Waals surface area contributed by atoms with Crippen molar-refractivity contribution in [1.29, 1.82) is 5.26 Å². The minimum absolute atomic E-state index is 0.0332. The Morgan fingerprint density at radius 2 is 2.00 bits per heavy atom. The minimum Gasteiger partial charge on any atom is -0.375 e. The van der Waals surface area contributed by atoms with E-state index in [1.807, 2.05) is 26.0 Å². The van der Waals surface area contributed by atoms with E-state index in [0.29, 0.717) is 5.69 Å². The average molecular weight is 232 g/mol. The molecule has 0 aliphatic carbocycles. The Hall–Kier alpha value is -1.86. The van der Waals surface area contributed by atoms with Crippen LogP contribution in [0.15, 0.2) is 24.3 Å². The SMILES string of the molecule is COCC(=O)Nc1ccc(C(C)(C)C#N)cc1. The zero-order valence-corrected chi connectivity index (χ0v) is 10.3. The van der Waals surface area contributed by atoms with Crippen LogP contribution in [0.1, 0.15) is 19.4 Å². The first-order valence-corrected chi connectivity index (χ1v) is 5.30. The fourth-order valence-corrected chi connectivity index (χ4v) is 1.36. The van der Waals surface area contributed by atoms with Crippen molar-refractivity contribution in [3.8, 4) is 6.07 Å². The summed E-state index contributed by atoms with van der Waals surface area (Å²) in [4.78, 5) is 11.3. The lowest BCUT2D eigenvalue weighted by Gasteiger charge is -2.16. The molecule has 0 saturated heterocycles. The van der Waals surface area contributed by atoms with Gasteiger partial charge in [0.05, 0.1) is 11.5 Å². The van der Waals surface area contributed by atoms with Crippen molar-refractivity contribution in [3.05, 3.63) is 29.8 Å². The highest BCUT2D eigenvalue weighted by Gasteiger charge is 2.19. The molecule has 90 valence electrons. The fourth-order valence-electron chi connectivity index (χ4n) is 1.36. The molecule has 0 saturated carbocycles. The fraction of sp³-hybridized carbons (Fsp3) is 0.385. The van der Waals surface area contributed by atoms with Gasteiger partial charge in [0.25, 0.3) is 0 Å². The van der Waals surface area contributed by atoms with Gasteiger partial charge in [-0.1, -0.05) is 12.1 Å². The van der Waals surface area contributed by atoms with E-state index in [1.54, 1.807) is 12.1 Å². The van der Waals surface area contributed by atoms with Crippen LogP contribution in [0.25, 0.3) is 0 Å². The summed E-state index contributed by atoms with van der Waals surface area (Å²) < 4.78 is 4.72. The Morgan fingerprint density at radius 3 is 2.47 bits per heavy atom. The summed E-state index contributed by atoms with van der Waals surface area (Å²) in [7, 11) is 1.47. The molecule has 0 aliphatic rings. The van der Waals surface area contributed by atoms with Crippen molar-refractivity contribution in [2.45, 2.75) is 19.3 Å². The van der Waals surface area contributed by atoms with Gasteiger partial charge in [-0.25, -0.2) is 0 Å². The second-order valence-corrected chi connectivity index (χ2v) is 4.30. The molecule has 17 heavy (non-hydrogen) atoms. The first kappa shape index (κ1) is 13.2. The number of benzene rings is 1. The predicted molar refractivity (Wildman–Crippen MR) is 65.6 cm³/mol. The highest BCUT2D eigenvalue weighted by Crippen LogP contribution is 2.23. The lowest BCUT2D eigenvalue weighted by atomic mass is 9.86. The number of rotatable bonds is 4. The van der Waals surface area contributed by atoms with Crippen LogP contribution in [0.3, 0.4) is 0 Å². The number of hydrogen-bond acceptors (Lipinski definition) is 3. The van der Waals surface area contributed by atoms with E-state index in [1.165, 1.54) is 7.11 Å². The normalized spacial score (nSPS) is 10.7. The molecule has 4 heteroatoms. The van der Waals surface area contributed by atoms with Gasteiger partial charge in [-0.2, -0.15) is 5.26 Å². The molecule has 1 aromatic carbocycles. The molecular weight excluding hydrogens is 216 g/mol. The van der Waals surface area contributed by atoms with Crippen LogP contribution in [0.4, 0.5) is 5.69 Å². The molecule has 0 radical (unpaired) electrons. The summed E-state index contributed by atoms with van der Waals surface area (Å²) in [6, 6.07) is 9.47. The summed E-state index contributed by atoms with van der Waals surface area (Å²) >= 11 is 0. The summed E-state index contributed by atoms with van der Waals surface area (Å²) in [5.74, 6) is -0.195. The molecule has 0 fully saturated rings. The van der Waals surface area contributed by atoms with Crippen LogP contribution in [-0.2, 0) is 14.9 Å². The molecule has 0 aromatic heterocycles. The number of carbonyl (C=O) groups excluding carboxylic acids is 1. The number of amides is 1. The van der Waals surface area contributed by atoms with E-state index in [-0.39, 0.29) is 12.5 Å². The number of methoxy groups -OCH3 is 1. The van der Waals surface area contributed by atoms with E-state index >= 15 is 0 Å². The van der Waals surface area contributed by atoms with E-state index in [9.17, 15) is 4.79 Å². The Morgan fingerprint density at radius 1 is 1.41 bits per heavy atom. The molecule has 4 nitrogen and oxygen atoms in total. The molecule has 1 aromatic rings. The van der Waals surface area contributed by atoms with Crippen molar-refractivity contribution in [2.24, 2.45) is 0 Å². The van der Waals surface area contributed by atoms with Crippen molar-refractivity contribution in [3.63, 3.8) is 0 Å². The molecule has 0 atom stereocenters. The second kappa shape index (κ2) is 5.46. The number of nitrogens with zero attached hydrogens (tertiary/aromatic N) is 1. The number of hydrogen-bond donors (Lipinski definition) is 1. The van der Waals surface area contributed by atoms with Crippen LogP contribution in [0.2, 0.25) is 0 Å². The highest BCUT2D eigenvalue weighted by atomic mass is 16.5. The van der Waals surface area contributed by atoms with Gasteiger partial charge >= 0.3 is 0 Å². The van der Waals surface area contributed by atoms with Gasteiger partial charge in [0.1, 0.15) is 6.61 Å². The molecule has 1 rings (SSSR count). The Labute approximate surface area is 101 Å². The number of carbonyl (C=O) groups is 1. The minimum atomic E-state index is -0.519. The Bertz CT molecular complexity index is 430. The van der Waals surface area contributed by atoms with Crippen LogP contribution < -0.4 is 5.32 Å². The van der Waals surface area contributed by atoms with E-state index in [4.69, 9.17) is 10.00 Å². The lowest BCUT2D eigenvalue weighted by molar-refractivity contribution is -0.119. The van der Waals surface area contributed by atoms with Crippen molar-refractivity contribution in [1.82, 2.24) is 0 Å².